The number of carbonyl (C=O) groups excluding carboxylic acids is 1. The van der Waals surface area contributed by atoms with E-state index in [0.29, 0.717) is 6.07 Å². The predicted molar refractivity (Wildman–Crippen MR) is 112 cm³/mol. The Morgan fingerprint density at radius 2 is 1.60 bits per heavy atom. The van der Waals surface area contributed by atoms with Crippen LogP contribution in [0.5, 0.6) is 0 Å². The van der Waals surface area contributed by atoms with E-state index in [1.807, 2.05) is 0 Å². The summed E-state index contributed by atoms with van der Waals surface area (Å²) in [4.78, 5) is 14.3. The first kappa shape index (κ1) is 27.7. The highest BCUT2D eigenvalue weighted by Gasteiger charge is 2.48. The van der Waals surface area contributed by atoms with Crippen molar-refractivity contribution in [2.45, 2.75) is 50.2 Å². The van der Waals surface area contributed by atoms with E-state index in [4.69, 9.17) is 0 Å². The molecule has 198 valence electrons. The molecule has 3 rings (SSSR count). The maximum absolute atomic E-state index is 14.4. The van der Waals surface area contributed by atoms with E-state index in [-0.39, 0.29) is 57.4 Å². The molecule has 6 nitrogen and oxygen atoms in total. The van der Waals surface area contributed by atoms with Crippen LogP contribution in [0.2, 0.25) is 0 Å². The third-order valence-electron chi connectivity index (χ3n) is 6.78. The molecule has 35 heavy (non-hydrogen) atoms. The number of alkyl halides is 5. The van der Waals surface area contributed by atoms with Crippen LogP contribution >= 0.6 is 0 Å². The molecular weight excluding hydrogens is 507 g/mol. The molecular formula is C21H26F7N3O3S. The lowest BCUT2D eigenvalue weighted by atomic mass is 9.78. The Morgan fingerprint density at radius 3 is 2.11 bits per heavy atom. The van der Waals surface area contributed by atoms with Gasteiger partial charge in [-0.3, -0.25) is 9.69 Å². The lowest BCUT2D eigenvalue weighted by Crippen LogP contribution is -2.63. The molecule has 1 aromatic rings. The number of hydrogen-bond acceptors (Lipinski definition) is 4. The van der Waals surface area contributed by atoms with Crippen molar-refractivity contribution in [3.8, 4) is 0 Å². The summed E-state index contributed by atoms with van der Waals surface area (Å²) in [6.45, 7) is 1.68. The van der Waals surface area contributed by atoms with Crippen LogP contribution in [-0.4, -0.2) is 73.5 Å². The number of halogens is 7. The number of nitrogens with zero attached hydrogens (tertiary/aromatic N) is 2. The van der Waals surface area contributed by atoms with Crippen LogP contribution in [0.3, 0.4) is 0 Å². The van der Waals surface area contributed by atoms with Gasteiger partial charge in [0.05, 0.1) is 11.3 Å². The highest BCUT2D eigenvalue weighted by molar-refractivity contribution is 7.89. The van der Waals surface area contributed by atoms with Gasteiger partial charge in [-0.2, -0.15) is 17.5 Å². The van der Waals surface area contributed by atoms with Crippen molar-refractivity contribution in [2.24, 2.45) is 0 Å². The van der Waals surface area contributed by atoms with Crippen LogP contribution in [-0.2, 0) is 16.2 Å². The van der Waals surface area contributed by atoms with Crippen LogP contribution in [0, 0.1) is 11.6 Å². The molecule has 1 saturated carbocycles. The van der Waals surface area contributed by atoms with Gasteiger partial charge in [0, 0.05) is 51.1 Å². The second-order valence-corrected chi connectivity index (χ2v) is 11.1. The first-order chi connectivity index (χ1) is 16.1. The van der Waals surface area contributed by atoms with Crippen LogP contribution < -0.4 is 5.32 Å². The second-order valence-electron chi connectivity index (χ2n) is 8.83. The molecule has 2 fully saturated rings. The van der Waals surface area contributed by atoms with Crippen molar-refractivity contribution in [3.05, 3.63) is 34.9 Å². The third kappa shape index (κ3) is 5.91. The van der Waals surface area contributed by atoms with E-state index in [2.05, 4.69) is 5.32 Å². The van der Waals surface area contributed by atoms with E-state index in [1.54, 1.807) is 4.90 Å². The Bertz CT molecular complexity index is 1040. The van der Waals surface area contributed by atoms with Gasteiger partial charge in [-0.15, -0.1) is 0 Å². The fraction of sp³-hybridized carbons (Fsp3) is 0.667. The number of nitrogens with one attached hydrogen (secondary N) is 1. The summed E-state index contributed by atoms with van der Waals surface area (Å²) >= 11 is 0. The minimum Gasteiger partial charge on any atom is -0.350 e. The molecule has 14 heteroatoms. The van der Waals surface area contributed by atoms with Gasteiger partial charge in [0.1, 0.15) is 11.4 Å². The molecule has 1 amide bonds. The Kier molecular flexibility index (Phi) is 7.78. The van der Waals surface area contributed by atoms with Gasteiger partial charge in [-0.1, -0.05) is 0 Å². The number of hydrogen-bond donors (Lipinski definition) is 1. The van der Waals surface area contributed by atoms with Crippen molar-refractivity contribution in [3.63, 3.8) is 0 Å². The largest absolute Gasteiger partial charge is 0.419 e. The molecule has 2 aliphatic rings. The monoisotopic (exact) mass is 533 g/mol. The summed E-state index contributed by atoms with van der Waals surface area (Å²) in [6, 6.07) is 0.529. The third-order valence-corrected chi connectivity index (χ3v) is 8.66. The summed E-state index contributed by atoms with van der Waals surface area (Å²) in [5.74, 6) is -8.03. The molecule has 1 heterocycles. The number of amides is 1. The highest BCUT2D eigenvalue weighted by Crippen LogP contribution is 2.42. The fourth-order valence-corrected chi connectivity index (χ4v) is 5.71. The zero-order valence-corrected chi connectivity index (χ0v) is 19.7. The Morgan fingerprint density at radius 1 is 1.03 bits per heavy atom. The molecule has 0 bridgehead atoms. The van der Waals surface area contributed by atoms with E-state index >= 15 is 0 Å². The van der Waals surface area contributed by atoms with Crippen molar-refractivity contribution in [1.82, 2.24) is 14.5 Å². The summed E-state index contributed by atoms with van der Waals surface area (Å²) in [5, 5.41) is 2.24. The number of rotatable bonds is 6. The molecule has 0 radical (unpaired) electrons. The van der Waals surface area contributed by atoms with Crippen LogP contribution in [0.25, 0.3) is 0 Å². The Labute approximate surface area is 198 Å². The van der Waals surface area contributed by atoms with Gasteiger partial charge in [0.2, 0.25) is 15.9 Å². The normalized spacial score (nSPS) is 21.6. The molecule has 1 aromatic carbocycles. The summed E-state index contributed by atoms with van der Waals surface area (Å²) in [5.41, 5.74) is -4.28. The van der Waals surface area contributed by atoms with E-state index in [1.165, 1.54) is 11.2 Å². The van der Waals surface area contributed by atoms with Gasteiger partial charge < -0.3 is 5.32 Å². The maximum atomic E-state index is 14.4. The molecule has 0 unspecified atom stereocenters. The lowest BCUT2D eigenvalue weighted by molar-refractivity contribution is -0.140. The maximum Gasteiger partial charge on any atom is 0.419 e. The molecule has 0 atom stereocenters. The first-order valence-corrected chi connectivity index (χ1v) is 12.7. The molecule has 0 spiro atoms. The molecule has 1 aliphatic heterocycles. The van der Waals surface area contributed by atoms with Crippen molar-refractivity contribution in [2.75, 3.05) is 38.5 Å². The molecule has 0 aromatic heterocycles. The van der Waals surface area contributed by atoms with Crippen molar-refractivity contribution >= 4 is 15.9 Å². The summed E-state index contributed by atoms with van der Waals surface area (Å²) in [6.07, 6.45) is -6.41. The van der Waals surface area contributed by atoms with Gasteiger partial charge in [0.15, 0.2) is 5.82 Å². The highest BCUT2D eigenvalue weighted by atomic mass is 32.2. The first-order valence-electron chi connectivity index (χ1n) is 11.1. The minimum absolute atomic E-state index is 0.0964. The van der Waals surface area contributed by atoms with E-state index in [9.17, 15) is 43.9 Å². The van der Waals surface area contributed by atoms with Gasteiger partial charge in [-0.25, -0.2) is 26.0 Å². The minimum atomic E-state index is -5.15. The van der Waals surface area contributed by atoms with E-state index in [0.717, 1.165) is 0 Å². The van der Waals surface area contributed by atoms with Crippen LogP contribution in [0.1, 0.15) is 48.5 Å². The van der Waals surface area contributed by atoms with Gasteiger partial charge in [0.25, 0.3) is 5.91 Å². The number of carbonyl (C=O) groups is 1. The Balaban J connectivity index is 1.81. The van der Waals surface area contributed by atoms with Crippen LogP contribution in [0.15, 0.2) is 12.1 Å². The number of sulfonamides is 1. The zero-order valence-electron chi connectivity index (χ0n) is 18.9. The summed E-state index contributed by atoms with van der Waals surface area (Å²) in [7, 11) is -3.46. The molecule has 1 saturated heterocycles. The molecule has 1 N–H and O–H groups in total. The summed E-state index contributed by atoms with van der Waals surface area (Å²) < 4.78 is 121. The zero-order chi connectivity index (χ0) is 26.2. The second kappa shape index (κ2) is 9.85. The van der Waals surface area contributed by atoms with Crippen LogP contribution in [0.4, 0.5) is 30.7 Å². The SMILES string of the molecule is CCS(=O)(=O)N1CCN(C2(CNC(=O)c3c(F)ccc(C(F)(F)F)c3F)CCC(F)(F)CC2)CC1. The average Bonchev–Trinajstić information content (AvgIpc) is 2.78. The van der Waals surface area contributed by atoms with E-state index < -0.39 is 69.2 Å². The number of piperazine rings is 1. The lowest BCUT2D eigenvalue weighted by Gasteiger charge is -2.50. The topological polar surface area (TPSA) is 69.7 Å². The van der Waals surface area contributed by atoms with Gasteiger partial charge in [-0.05, 0) is 31.9 Å². The van der Waals surface area contributed by atoms with Crippen molar-refractivity contribution in [1.29, 1.82) is 0 Å². The fourth-order valence-electron chi connectivity index (χ4n) is 4.62. The smallest absolute Gasteiger partial charge is 0.350 e. The number of benzene rings is 1. The standard InChI is InChI=1S/C21H26F7N3O3S/c1-2-35(33,34)31-11-9-30(10-12-31)19(5-7-20(24,25)8-6-19)13-29-18(32)16-15(22)4-3-14(17(16)23)21(26,27)28/h3-4H,2,5-13H2,1H3,(H,29,32). The quantitative estimate of drug-likeness (QED) is 0.568. The molecule has 1 aliphatic carbocycles. The van der Waals surface area contributed by atoms with Gasteiger partial charge >= 0.3 is 6.18 Å². The Hall–Kier alpha value is -1.93. The van der Waals surface area contributed by atoms with Crippen molar-refractivity contribution < 1.29 is 43.9 Å². The average molecular weight is 534 g/mol. The predicted octanol–water partition coefficient (Wildman–Crippen LogP) is 3.63.